The van der Waals surface area contributed by atoms with Gasteiger partial charge in [0, 0.05) is 64.5 Å². The highest BCUT2D eigenvalue weighted by atomic mass is 35.5. The van der Waals surface area contributed by atoms with Gasteiger partial charge in [-0.2, -0.15) is 0 Å². The number of aryl methyl sites for hydroxylation is 3. The topological polar surface area (TPSA) is 89.8 Å². The van der Waals surface area contributed by atoms with Gasteiger partial charge in [0.05, 0.1) is 40.5 Å². The monoisotopic (exact) mass is 1130 g/mol. The summed E-state index contributed by atoms with van der Waals surface area (Å²) in [5.74, 6) is 0.874. The third kappa shape index (κ3) is 8.46. The fourth-order valence-corrected chi connectivity index (χ4v) is 16.2. The Morgan fingerprint density at radius 2 is 1.24 bits per heavy atom. The number of esters is 1. The van der Waals surface area contributed by atoms with Gasteiger partial charge in [0.15, 0.2) is 0 Å². The zero-order valence-corrected chi connectivity index (χ0v) is 48.7. The summed E-state index contributed by atoms with van der Waals surface area (Å²) in [6.07, 6.45) is 5.07. The number of carbonyl (C=O) groups excluding carboxylic acids is 1. The molecule has 1 saturated heterocycles. The van der Waals surface area contributed by atoms with Crippen LogP contribution in [0.15, 0.2) is 162 Å². The highest BCUT2D eigenvalue weighted by Crippen LogP contribution is 2.54. The molecule has 15 rings (SSSR count). The Bertz CT molecular complexity index is 4150. The second kappa shape index (κ2) is 20.4. The molecule has 11 heteroatoms. The number of methoxy groups -OCH3 is 1. The lowest BCUT2D eigenvalue weighted by atomic mass is 9.63. The lowest BCUT2D eigenvalue weighted by molar-refractivity contribution is 0.0145. The van der Waals surface area contributed by atoms with Crippen LogP contribution in [0, 0.1) is 13.8 Å². The van der Waals surface area contributed by atoms with Crippen LogP contribution in [0.2, 0.25) is 5.02 Å². The maximum absolute atomic E-state index is 14.7. The number of halogens is 1. The van der Waals surface area contributed by atoms with Gasteiger partial charge < -0.3 is 9.47 Å². The first kappa shape index (κ1) is 51.9. The number of likely N-dealkylation sites (tertiary alicyclic amines) is 1. The molecule has 7 aromatic carbocycles. The maximum atomic E-state index is 14.7. The lowest BCUT2D eigenvalue weighted by Crippen LogP contribution is -2.63. The SMILES string of the molecule is COC(=O)c1csc2c(-c3cc(Cl)ccc3OCCn3c(C)nc4c(c3=O)CC(N(C)C3CN(CC(c5cccc6c5Cc5ccccc5-6)(c5cccc6c5Cc5ccccc5-6)c5cccc6c5Cc5ccccc5-6)C3)CC4)cc(C)nc12. The molecule has 5 aliphatic rings. The number of nitrogens with zero attached hydrogens (tertiary/aromatic N) is 5. The Morgan fingerprint density at radius 3 is 1.82 bits per heavy atom. The normalized spacial score (nSPS) is 15.8. The fraction of sp³-hybridized carbons (Fsp3) is 0.250. The van der Waals surface area contributed by atoms with Crippen molar-refractivity contribution in [1.29, 1.82) is 0 Å². The van der Waals surface area contributed by atoms with Crippen LogP contribution in [0.5, 0.6) is 5.75 Å². The first-order chi connectivity index (χ1) is 40.5. The van der Waals surface area contributed by atoms with Gasteiger partial charge in [-0.1, -0.05) is 139 Å². The molecule has 0 radical (unpaired) electrons. The van der Waals surface area contributed by atoms with E-state index in [1.54, 1.807) is 9.95 Å². The number of likely N-dealkylation sites (N-methyl/N-ethyl adjacent to an activating group) is 1. The second-order valence-corrected chi connectivity index (χ2v) is 24.8. The van der Waals surface area contributed by atoms with E-state index in [1.165, 1.54) is 102 Å². The molecular weight excluding hydrogens is 1070 g/mol. The van der Waals surface area contributed by atoms with E-state index in [2.05, 4.69) is 144 Å². The third-order valence-corrected chi connectivity index (χ3v) is 20.3. The van der Waals surface area contributed by atoms with Gasteiger partial charge in [-0.25, -0.2) is 9.78 Å². The molecule has 4 aliphatic carbocycles. The number of ether oxygens (including phenoxy) is 2. The van der Waals surface area contributed by atoms with Crippen molar-refractivity contribution in [2.45, 2.75) is 76.4 Å². The number of hydrogen-bond acceptors (Lipinski definition) is 9. The molecule has 0 saturated carbocycles. The molecule has 0 spiro atoms. The van der Waals surface area contributed by atoms with Gasteiger partial charge in [0.25, 0.3) is 5.56 Å². The smallest absolute Gasteiger partial charge is 0.340 e. The van der Waals surface area contributed by atoms with Crippen LogP contribution in [0.1, 0.15) is 89.6 Å². The summed E-state index contributed by atoms with van der Waals surface area (Å²) in [5, 5.41) is 2.34. The van der Waals surface area contributed by atoms with Gasteiger partial charge in [-0.15, -0.1) is 11.3 Å². The molecule has 1 aliphatic heterocycles. The van der Waals surface area contributed by atoms with Crippen molar-refractivity contribution in [3.8, 4) is 50.3 Å². The third-order valence-electron chi connectivity index (χ3n) is 19.0. The van der Waals surface area contributed by atoms with Crippen LogP contribution in [-0.2, 0) is 48.8 Å². The second-order valence-electron chi connectivity index (χ2n) is 23.5. The Kier molecular flexibility index (Phi) is 12.8. The zero-order valence-electron chi connectivity index (χ0n) is 47.1. The van der Waals surface area contributed by atoms with Crippen LogP contribution in [0.3, 0.4) is 0 Å². The number of rotatable bonds is 13. The van der Waals surface area contributed by atoms with Crippen LogP contribution in [-0.4, -0.2) is 82.8 Å². The van der Waals surface area contributed by atoms with Crippen molar-refractivity contribution in [2.75, 3.05) is 40.4 Å². The number of carbonyl (C=O) groups is 1. The summed E-state index contributed by atoms with van der Waals surface area (Å²) in [7, 11) is 3.66. The molecule has 83 heavy (non-hydrogen) atoms. The minimum atomic E-state index is -0.515. The summed E-state index contributed by atoms with van der Waals surface area (Å²) >= 11 is 8.06. The van der Waals surface area contributed by atoms with Gasteiger partial charge in [0.1, 0.15) is 18.2 Å². The number of benzene rings is 7. The first-order valence-corrected chi connectivity index (χ1v) is 30.4. The average Bonchev–Trinajstić information content (AvgIpc) is 4.42. The van der Waals surface area contributed by atoms with E-state index < -0.39 is 11.4 Å². The summed E-state index contributed by atoms with van der Waals surface area (Å²) in [4.78, 5) is 42.6. The van der Waals surface area contributed by atoms with Crippen LogP contribution in [0.4, 0.5) is 0 Å². The van der Waals surface area contributed by atoms with Crippen LogP contribution < -0.4 is 10.3 Å². The fourth-order valence-electron chi connectivity index (χ4n) is 15.0. The van der Waals surface area contributed by atoms with Gasteiger partial charge in [-0.3, -0.25) is 24.1 Å². The summed E-state index contributed by atoms with van der Waals surface area (Å²) in [6, 6.07) is 56.7. The number of hydrogen-bond donors (Lipinski definition) is 0. The molecule has 0 N–H and O–H groups in total. The standard InChI is InChI=1S/C72H62ClN5O4S/c1-42-32-60(69-68(74-42)62(40-83-69)71(80)81-4)59-36-47(73)26-29-67(59)82-31-30-78-43(2)75-66-28-27-48(37-61(66)70(78)79)76(3)49-38-77(39-49)41-72(63-23-11-20-53-50-17-8-5-14-44(50)33-56(53)63,64-24-12-21-54-51-18-9-6-15-45(51)34-57(54)64)65-25-13-22-55-52-19-10-7-16-46(52)35-58(55)65/h5-26,29,32,36,40,48-49H,27-28,30-31,33-35,37-39,41H2,1-4H3. The van der Waals surface area contributed by atoms with E-state index >= 15 is 0 Å². The van der Waals surface area contributed by atoms with E-state index in [0.29, 0.717) is 46.7 Å². The molecule has 0 amide bonds. The summed E-state index contributed by atoms with van der Waals surface area (Å²) in [5.41, 5.74) is 25.5. The maximum Gasteiger partial charge on any atom is 0.340 e. The van der Waals surface area contributed by atoms with Crippen molar-refractivity contribution >= 4 is 39.1 Å². The molecule has 3 aromatic heterocycles. The van der Waals surface area contributed by atoms with Gasteiger partial charge in [-0.05, 0) is 167 Å². The van der Waals surface area contributed by atoms with Crippen molar-refractivity contribution in [3.63, 3.8) is 0 Å². The van der Waals surface area contributed by atoms with E-state index in [4.69, 9.17) is 31.0 Å². The average molecular weight is 1130 g/mol. The Labute approximate surface area is 492 Å². The zero-order chi connectivity index (χ0) is 56.3. The van der Waals surface area contributed by atoms with Crippen molar-refractivity contribution in [1.82, 2.24) is 24.3 Å². The van der Waals surface area contributed by atoms with Gasteiger partial charge in [0.2, 0.25) is 0 Å². The Balaban J connectivity index is 0.732. The molecule has 1 fully saturated rings. The molecule has 10 aromatic rings. The quantitative estimate of drug-likeness (QED) is 0.0833. The number of fused-ring (bicyclic) bond motifs is 11. The lowest BCUT2D eigenvalue weighted by Gasteiger charge is -2.52. The first-order valence-electron chi connectivity index (χ1n) is 29.1. The molecule has 1 atom stereocenters. The summed E-state index contributed by atoms with van der Waals surface area (Å²) in [6.45, 7) is 7.07. The largest absolute Gasteiger partial charge is 0.491 e. The highest BCUT2D eigenvalue weighted by Gasteiger charge is 2.48. The van der Waals surface area contributed by atoms with Crippen molar-refractivity contribution in [2.24, 2.45) is 0 Å². The molecular formula is C72H62ClN5O4S. The van der Waals surface area contributed by atoms with E-state index in [0.717, 1.165) is 84.5 Å². The predicted octanol–water partition coefficient (Wildman–Crippen LogP) is 13.9. The minimum Gasteiger partial charge on any atom is -0.491 e. The molecule has 4 heterocycles. The predicted molar refractivity (Wildman–Crippen MR) is 333 cm³/mol. The van der Waals surface area contributed by atoms with Crippen molar-refractivity contribution in [3.05, 3.63) is 251 Å². The molecule has 0 bridgehead atoms. The number of aromatic nitrogens is 3. The number of pyridine rings is 1. The molecule has 9 nitrogen and oxygen atoms in total. The van der Waals surface area contributed by atoms with Crippen molar-refractivity contribution < 1.29 is 14.3 Å². The van der Waals surface area contributed by atoms with E-state index in [9.17, 15) is 9.59 Å². The Hall–Kier alpha value is -7.99. The van der Waals surface area contributed by atoms with Gasteiger partial charge >= 0.3 is 5.97 Å². The summed E-state index contributed by atoms with van der Waals surface area (Å²) < 4.78 is 14.2. The molecule has 412 valence electrons. The van der Waals surface area contributed by atoms with E-state index in [-0.39, 0.29) is 18.2 Å². The Morgan fingerprint density at radius 1 is 0.675 bits per heavy atom. The highest BCUT2D eigenvalue weighted by molar-refractivity contribution is 7.18. The van der Waals surface area contributed by atoms with E-state index in [1.807, 2.05) is 38.1 Å². The van der Waals surface area contributed by atoms with Crippen LogP contribution in [0.25, 0.3) is 54.7 Å². The molecule has 1 unspecified atom stereocenters. The number of thiophene rings is 1. The minimum absolute atomic E-state index is 0.0126. The van der Waals surface area contributed by atoms with Crippen LogP contribution >= 0.6 is 22.9 Å².